The highest BCUT2D eigenvalue weighted by molar-refractivity contribution is 7.99. The summed E-state index contributed by atoms with van der Waals surface area (Å²) in [5.74, 6) is 1.94. The molecule has 0 bridgehead atoms. The van der Waals surface area contributed by atoms with E-state index >= 15 is 0 Å². The van der Waals surface area contributed by atoms with Gasteiger partial charge in [-0.1, -0.05) is 42.1 Å². The molecule has 0 aliphatic carbocycles. The maximum Gasteiger partial charge on any atom is 0.230 e. The number of nitrogens with one attached hydrogen (secondary N) is 1. The predicted molar refractivity (Wildman–Crippen MR) is 127 cm³/mol. The standard InChI is InChI=1S/C24H29N5O2S/c1-28-23(19-8-10-21(31-2)11-9-19)26-27-24(28)32-17-22(30)25-20-12-14-29(15-13-20)16-18-6-4-3-5-7-18/h3-11,20H,12-17H2,1-2H3,(H,25,30). The molecule has 32 heavy (non-hydrogen) atoms. The maximum atomic E-state index is 12.5. The number of rotatable bonds is 8. The van der Waals surface area contributed by atoms with Gasteiger partial charge in [-0.2, -0.15) is 0 Å². The highest BCUT2D eigenvalue weighted by Crippen LogP contribution is 2.24. The van der Waals surface area contributed by atoms with E-state index in [2.05, 4.69) is 44.7 Å². The monoisotopic (exact) mass is 451 g/mol. The number of methoxy groups -OCH3 is 1. The van der Waals surface area contributed by atoms with Crippen molar-refractivity contribution in [3.63, 3.8) is 0 Å². The highest BCUT2D eigenvalue weighted by atomic mass is 32.2. The van der Waals surface area contributed by atoms with Gasteiger partial charge in [0, 0.05) is 38.3 Å². The number of hydrogen-bond acceptors (Lipinski definition) is 6. The van der Waals surface area contributed by atoms with Crippen LogP contribution >= 0.6 is 11.8 Å². The summed E-state index contributed by atoms with van der Waals surface area (Å²) < 4.78 is 7.12. The van der Waals surface area contributed by atoms with Gasteiger partial charge in [-0.05, 0) is 42.7 Å². The molecule has 8 heteroatoms. The van der Waals surface area contributed by atoms with Crippen molar-refractivity contribution >= 4 is 17.7 Å². The minimum Gasteiger partial charge on any atom is -0.497 e. The largest absolute Gasteiger partial charge is 0.497 e. The Labute approximate surface area is 193 Å². The summed E-state index contributed by atoms with van der Waals surface area (Å²) in [7, 11) is 3.56. The number of aromatic nitrogens is 3. The molecule has 1 amide bonds. The molecule has 0 saturated carbocycles. The van der Waals surface area contributed by atoms with Crippen LogP contribution in [0.5, 0.6) is 5.75 Å². The molecule has 2 aromatic carbocycles. The van der Waals surface area contributed by atoms with Crippen molar-refractivity contribution in [3.05, 3.63) is 60.2 Å². The van der Waals surface area contributed by atoms with Crippen LogP contribution in [0.1, 0.15) is 18.4 Å². The van der Waals surface area contributed by atoms with Crippen molar-refractivity contribution in [3.8, 4) is 17.1 Å². The van der Waals surface area contributed by atoms with Crippen LogP contribution in [0.2, 0.25) is 0 Å². The number of piperidine rings is 1. The zero-order chi connectivity index (χ0) is 22.3. The molecule has 0 atom stereocenters. The normalized spacial score (nSPS) is 14.9. The Morgan fingerprint density at radius 1 is 1.09 bits per heavy atom. The Bertz CT molecular complexity index is 1010. The Balaban J connectivity index is 1.23. The molecular weight excluding hydrogens is 422 g/mol. The molecular formula is C24H29N5O2S. The average Bonchev–Trinajstić information content (AvgIpc) is 3.20. The van der Waals surface area contributed by atoms with Crippen molar-refractivity contribution < 1.29 is 9.53 Å². The van der Waals surface area contributed by atoms with Gasteiger partial charge in [0.2, 0.25) is 5.91 Å². The van der Waals surface area contributed by atoms with Crippen LogP contribution in [-0.4, -0.2) is 57.6 Å². The minimum absolute atomic E-state index is 0.0468. The van der Waals surface area contributed by atoms with Crippen molar-refractivity contribution in [1.82, 2.24) is 25.0 Å². The van der Waals surface area contributed by atoms with Crippen LogP contribution in [0, 0.1) is 0 Å². The molecule has 0 spiro atoms. The average molecular weight is 452 g/mol. The quantitative estimate of drug-likeness (QED) is 0.530. The topological polar surface area (TPSA) is 72.3 Å². The van der Waals surface area contributed by atoms with E-state index in [1.54, 1.807) is 7.11 Å². The third-order valence-electron chi connectivity index (χ3n) is 5.72. The van der Waals surface area contributed by atoms with Crippen LogP contribution in [0.3, 0.4) is 0 Å². The zero-order valence-electron chi connectivity index (χ0n) is 18.5. The summed E-state index contributed by atoms with van der Waals surface area (Å²) in [5.41, 5.74) is 2.29. The highest BCUT2D eigenvalue weighted by Gasteiger charge is 2.21. The molecule has 0 unspecified atom stereocenters. The zero-order valence-corrected chi connectivity index (χ0v) is 19.3. The van der Waals surface area contributed by atoms with Crippen LogP contribution < -0.4 is 10.1 Å². The molecule has 4 rings (SSSR count). The first kappa shape index (κ1) is 22.4. The number of amides is 1. The Morgan fingerprint density at radius 3 is 2.50 bits per heavy atom. The number of carbonyl (C=O) groups is 1. The molecule has 7 nitrogen and oxygen atoms in total. The van der Waals surface area contributed by atoms with E-state index in [1.165, 1.54) is 17.3 Å². The fraction of sp³-hybridized carbons (Fsp3) is 0.375. The summed E-state index contributed by atoms with van der Waals surface area (Å²) in [5, 5.41) is 12.5. The maximum absolute atomic E-state index is 12.5. The third-order valence-corrected chi connectivity index (χ3v) is 6.74. The molecule has 1 aliphatic rings. The second-order valence-corrected chi connectivity index (χ2v) is 8.93. The van der Waals surface area contributed by atoms with E-state index in [-0.39, 0.29) is 11.9 Å². The second kappa shape index (κ2) is 10.7. The van der Waals surface area contributed by atoms with E-state index in [1.807, 2.05) is 41.9 Å². The molecule has 2 heterocycles. The molecule has 1 saturated heterocycles. The lowest BCUT2D eigenvalue weighted by atomic mass is 10.0. The van der Waals surface area contributed by atoms with Crippen LogP contribution in [0.25, 0.3) is 11.4 Å². The van der Waals surface area contributed by atoms with E-state index in [9.17, 15) is 4.79 Å². The number of likely N-dealkylation sites (tertiary alicyclic amines) is 1. The van der Waals surface area contributed by atoms with E-state index in [4.69, 9.17) is 4.74 Å². The number of nitrogens with zero attached hydrogens (tertiary/aromatic N) is 4. The Hall–Kier alpha value is -2.84. The summed E-state index contributed by atoms with van der Waals surface area (Å²) >= 11 is 1.41. The van der Waals surface area contributed by atoms with E-state index in [0.717, 1.165) is 54.8 Å². The SMILES string of the molecule is COc1ccc(-c2nnc(SCC(=O)NC3CCN(Cc4ccccc4)CC3)n2C)cc1. The lowest BCUT2D eigenvalue weighted by molar-refractivity contribution is -0.119. The van der Waals surface area contributed by atoms with E-state index in [0.29, 0.717) is 5.75 Å². The molecule has 1 N–H and O–H groups in total. The molecule has 1 aromatic heterocycles. The van der Waals surface area contributed by atoms with Gasteiger partial charge in [0.05, 0.1) is 12.9 Å². The summed E-state index contributed by atoms with van der Waals surface area (Å²) in [4.78, 5) is 15.0. The van der Waals surface area contributed by atoms with Gasteiger partial charge in [0.1, 0.15) is 5.75 Å². The third kappa shape index (κ3) is 5.69. The van der Waals surface area contributed by atoms with Gasteiger partial charge < -0.3 is 14.6 Å². The number of benzene rings is 2. The number of hydrogen-bond donors (Lipinski definition) is 1. The predicted octanol–water partition coefficient (Wildman–Crippen LogP) is 3.36. The van der Waals surface area contributed by atoms with Gasteiger partial charge in [-0.3, -0.25) is 9.69 Å². The first-order valence-corrected chi connectivity index (χ1v) is 11.8. The minimum atomic E-state index is 0.0468. The van der Waals surface area contributed by atoms with Crippen molar-refractivity contribution in [1.29, 1.82) is 0 Å². The molecule has 1 aliphatic heterocycles. The molecule has 1 fully saturated rings. The fourth-order valence-electron chi connectivity index (χ4n) is 3.91. The van der Waals surface area contributed by atoms with Gasteiger partial charge in [0.25, 0.3) is 0 Å². The molecule has 0 radical (unpaired) electrons. The first-order valence-electron chi connectivity index (χ1n) is 10.8. The van der Waals surface area contributed by atoms with E-state index < -0.39 is 0 Å². The van der Waals surface area contributed by atoms with Gasteiger partial charge in [0.15, 0.2) is 11.0 Å². The first-order chi connectivity index (χ1) is 15.6. The Morgan fingerprint density at radius 2 is 1.81 bits per heavy atom. The lowest BCUT2D eigenvalue weighted by Gasteiger charge is -2.32. The van der Waals surface area contributed by atoms with Crippen molar-refractivity contribution in [2.45, 2.75) is 30.6 Å². The van der Waals surface area contributed by atoms with Crippen LogP contribution in [0.4, 0.5) is 0 Å². The van der Waals surface area contributed by atoms with Crippen LogP contribution in [-0.2, 0) is 18.4 Å². The lowest BCUT2D eigenvalue weighted by Crippen LogP contribution is -2.44. The molecule has 168 valence electrons. The van der Waals surface area contributed by atoms with Crippen molar-refractivity contribution in [2.75, 3.05) is 26.0 Å². The molecule has 3 aromatic rings. The summed E-state index contributed by atoms with van der Waals surface area (Å²) in [6.07, 6.45) is 1.96. The summed E-state index contributed by atoms with van der Waals surface area (Å²) in [6, 6.07) is 18.5. The van der Waals surface area contributed by atoms with Gasteiger partial charge >= 0.3 is 0 Å². The smallest absolute Gasteiger partial charge is 0.230 e. The fourth-order valence-corrected chi connectivity index (χ4v) is 4.63. The Kier molecular flexibility index (Phi) is 7.44. The second-order valence-electron chi connectivity index (χ2n) is 7.99. The van der Waals surface area contributed by atoms with Crippen molar-refractivity contribution in [2.24, 2.45) is 7.05 Å². The number of ether oxygens (including phenoxy) is 1. The number of carbonyl (C=O) groups excluding carboxylic acids is 1. The number of thioether (sulfide) groups is 1. The van der Waals surface area contributed by atoms with Gasteiger partial charge in [-0.15, -0.1) is 10.2 Å². The van der Waals surface area contributed by atoms with Gasteiger partial charge in [-0.25, -0.2) is 0 Å². The van der Waals surface area contributed by atoms with Crippen LogP contribution in [0.15, 0.2) is 59.8 Å². The summed E-state index contributed by atoms with van der Waals surface area (Å²) in [6.45, 7) is 2.98.